The molecule has 0 fully saturated rings. The van der Waals surface area contributed by atoms with E-state index in [9.17, 15) is 4.79 Å². The Kier molecular flexibility index (Phi) is 5.92. The number of carbonyl (C=O) groups is 1. The predicted octanol–water partition coefficient (Wildman–Crippen LogP) is 3.76. The highest BCUT2D eigenvalue weighted by atomic mass is 35.5. The highest BCUT2D eigenvalue weighted by Crippen LogP contribution is 2.16. The van der Waals surface area contributed by atoms with Gasteiger partial charge in [0.1, 0.15) is 5.69 Å². The second kappa shape index (κ2) is 8.93. The first-order chi connectivity index (χ1) is 14.2. The number of aromatic nitrogens is 4. The molecule has 7 nitrogen and oxygen atoms in total. The number of amides is 1. The Balaban J connectivity index is 1.42. The van der Waals surface area contributed by atoms with Gasteiger partial charge in [-0.05, 0) is 23.8 Å². The molecule has 0 atom stereocenters. The molecule has 0 aliphatic rings. The van der Waals surface area contributed by atoms with E-state index in [0.29, 0.717) is 40.2 Å². The van der Waals surface area contributed by atoms with E-state index >= 15 is 0 Å². The van der Waals surface area contributed by atoms with Crippen LogP contribution in [0.1, 0.15) is 17.9 Å². The van der Waals surface area contributed by atoms with Gasteiger partial charge in [0.2, 0.25) is 17.6 Å². The lowest BCUT2D eigenvalue weighted by Crippen LogP contribution is -2.17. The van der Waals surface area contributed by atoms with Crippen LogP contribution < -0.4 is 4.80 Å². The van der Waals surface area contributed by atoms with Crippen molar-refractivity contribution in [3.63, 3.8) is 0 Å². The summed E-state index contributed by atoms with van der Waals surface area (Å²) in [5.41, 5.74) is 1.59. The number of thiazole rings is 1. The van der Waals surface area contributed by atoms with Crippen LogP contribution in [-0.4, -0.2) is 25.6 Å². The molecular weight excluding hydrogens is 410 g/mol. The molecule has 0 radical (unpaired) electrons. The summed E-state index contributed by atoms with van der Waals surface area (Å²) >= 11 is 7.63. The summed E-state index contributed by atoms with van der Waals surface area (Å²) in [5.74, 6) is 0.531. The maximum atomic E-state index is 12.3. The van der Waals surface area contributed by atoms with Crippen molar-refractivity contribution >= 4 is 28.8 Å². The predicted molar refractivity (Wildman–Crippen MR) is 109 cm³/mol. The smallest absolute Gasteiger partial charge is 0.248 e. The van der Waals surface area contributed by atoms with Crippen molar-refractivity contribution in [2.24, 2.45) is 4.99 Å². The molecule has 3 aromatic heterocycles. The van der Waals surface area contributed by atoms with Crippen LogP contribution in [0, 0.1) is 0 Å². The number of hydrogen-bond donors (Lipinski definition) is 0. The number of pyridine rings is 1. The number of rotatable bonds is 6. The monoisotopic (exact) mass is 425 g/mol. The number of benzene rings is 1. The van der Waals surface area contributed by atoms with E-state index in [-0.39, 0.29) is 12.3 Å². The van der Waals surface area contributed by atoms with Crippen molar-refractivity contribution < 1.29 is 9.32 Å². The van der Waals surface area contributed by atoms with Crippen LogP contribution in [-0.2, 0) is 17.8 Å². The lowest BCUT2D eigenvalue weighted by Gasteiger charge is -2.05. The van der Waals surface area contributed by atoms with Gasteiger partial charge in [0.05, 0.1) is 6.54 Å². The highest BCUT2D eigenvalue weighted by molar-refractivity contribution is 7.07. The quantitative estimate of drug-likeness (QED) is 0.469. The maximum Gasteiger partial charge on any atom is 0.248 e. The van der Waals surface area contributed by atoms with E-state index in [1.165, 1.54) is 11.3 Å². The van der Waals surface area contributed by atoms with Gasteiger partial charge in [-0.15, -0.1) is 11.3 Å². The lowest BCUT2D eigenvalue weighted by atomic mass is 10.2. The molecule has 0 aliphatic carbocycles. The molecule has 3 heterocycles. The third-order valence-corrected chi connectivity index (χ3v) is 5.26. The molecule has 146 valence electrons. The molecule has 0 spiro atoms. The van der Waals surface area contributed by atoms with Gasteiger partial charge in [0.15, 0.2) is 4.80 Å². The van der Waals surface area contributed by atoms with E-state index in [2.05, 4.69) is 20.1 Å². The Hall–Kier alpha value is -3.10. The lowest BCUT2D eigenvalue weighted by molar-refractivity contribution is -0.118. The first-order valence-corrected chi connectivity index (χ1v) is 10.1. The highest BCUT2D eigenvalue weighted by Gasteiger charge is 2.11. The molecular formula is C20H16ClN5O2S. The second-order valence-electron chi connectivity index (χ2n) is 6.14. The average molecular weight is 426 g/mol. The standard InChI is InChI=1S/C20H16ClN5O2S/c21-15-6-2-1-5-14(15)13-26-11-12-29-20(26)23-17(27)8-9-18-24-19(25-28-18)16-7-3-4-10-22-16/h1-7,10-12H,8-9,13H2. The van der Waals surface area contributed by atoms with E-state index in [4.69, 9.17) is 16.1 Å². The van der Waals surface area contributed by atoms with Crippen molar-refractivity contribution in [1.82, 2.24) is 19.7 Å². The number of aryl methyl sites for hydroxylation is 1. The summed E-state index contributed by atoms with van der Waals surface area (Å²) in [5, 5.41) is 6.48. The van der Waals surface area contributed by atoms with Crippen molar-refractivity contribution in [1.29, 1.82) is 0 Å². The molecule has 0 N–H and O–H groups in total. The molecule has 29 heavy (non-hydrogen) atoms. The normalized spacial score (nSPS) is 11.7. The Labute approximate surface area is 175 Å². The van der Waals surface area contributed by atoms with Crippen molar-refractivity contribution in [2.75, 3.05) is 0 Å². The van der Waals surface area contributed by atoms with E-state index in [0.717, 1.165) is 5.56 Å². The summed E-state index contributed by atoms with van der Waals surface area (Å²) < 4.78 is 7.11. The summed E-state index contributed by atoms with van der Waals surface area (Å²) in [4.78, 5) is 25.6. The zero-order valence-electron chi connectivity index (χ0n) is 15.2. The van der Waals surface area contributed by atoms with Crippen LogP contribution in [0.5, 0.6) is 0 Å². The van der Waals surface area contributed by atoms with Gasteiger partial charge in [-0.1, -0.05) is 41.0 Å². The SMILES string of the molecule is O=C(CCc1nc(-c2ccccn2)no1)N=c1sccn1Cc1ccccc1Cl. The topological polar surface area (TPSA) is 86.2 Å². The van der Waals surface area contributed by atoms with Gasteiger partial charge in [-0.3, -0.25) is 9.78 Å². The fourth-order valence-corrected chi connectivity index (χ4v) is 3.59. The van der Waals surface area contributed by atoms with Gasteiger partial charge >= 0.3 is 0 Å². The third kappa shape index (κ3) is 4.85. The molecule has 1 amide bonds. The number of halogens is 1. The molecule has 9 heteroatoms. The van der Waals surface area contributed by atoms with Gasteiger partial charge in [0.25, 0.3) is 0 Å². The van der Waals surface area contributed by atoms with Crippen molar-refractivity contribution in [2.45, 2.75) is 19.4 Å². The summed E-state index contributed by atoms with van der Waals surface area (Å²) in [6.07, 6.45) is 4.04. The molecule has 4 rings (SSSR count). The van der Waals surface area contributed by atoms with Crippen LogP contribution in [0.4, 0.5) is 0 Å². The molecule has 1 aromatic carbocycles. The fourth-order valence-electron chi connectivity index (χ4n) is 2.65. The van der Waals surface area contributed by atoms with Crippen molar-refractivity contribution in [3.05, 3.63) is 81.5 Å². The number of hydrogen-bond acceptors (Lipinski definition) is 6. The summed E-state index contributed by atoms with van der Waals surface area (Å²) in [7, 11) is 0. The van der Waals surface area contributed by atoms with Gasteiger partial charge < -0.3 is 9.09 Å². The van der Waals surface area contributed by atoms with Gasteiger partial charge in [-0.25, -0.2) is 0 Å². The minimum Gasteiger partial charge on any atom is -0.339 e. The second-order valence-corrected chi connectivity index (χ2v) is 7.42. The fraction of sp³-hybridized carbons (Fsp3) is 0.150. The van der Waals surface area contributed by atoms with Crippen LogP contribution in [0.3, 0.4) is 0 Å². The summed E-state index contributed by atoms with van der Waals surface area (Å²) in [6.45, 7) is 0.548. The Morgan fingerprint density at radius 1 is 1.21 bits per heavy atom. The minimum absolute atomic E-state index is 0.174. The van der Waals surface area contributed by atoms with E-state index < -0.39 is 0 Å². The molecule has 0 saturated heterocycles. The Morgan fingerprint density at radius 3 is 2.90 bits per heavy atom. The van der Waals surface area contributed by atoms with E-state index in [1.807, 2.05) is 52.5 Å². The molecule has 0 aliphatic heterocycles. The molecule has 0 bridgehead atoms. The zero-order valence-corrected chi connectivity index (χ0v) is 16.8. The maximum absolute atomic E-state index is 12.3. The average Bonchev–Trinajstić information content (AvgIpc) is 3.39. The molecule has 0 unspecified atom stereocenters. The zero-order chi connectivity index (χ0) is 20.1. The first kappa shape index (κ1) is 19.2. The molecule has 4 aromatic rings. The number of carbonyl (C=O) groups excluding carboxylic acids is 1. The Bertz CT molecular complexity index is 1180. The van der Waals surface area contributed by atoms with Crippen molar-refractivity contribution in [3.8, 4) is 11.5 Å². The van der Waals surface area contributed by atoms with Crippen LogP contribution in [0.15, 0.2) is 69.8 Å². The summed E-state index contributed by atoms with van der Waals surface area (Å²) in [6, 6.07) is 13.1. The van der Waals surface area contributed by atoms with Crippen LogP contribution in [0.25, 0.3) is 11.5 Å². The number of nitrogens with zero attached hydrogens (tertiary/aromatic N) is 5. The Morgan fingerprint density at radius 2 is 2.07 bits per heavy atom. The first-order valence-electron chi connectivity index (χ1n) is 8.88. The van der Waals surface area contributed by atoms with Gasteiger partial charge in [0, 0.05) is 35.6 Å². The molecule has 0 saturated carbocycles. The van der Waals surface area contributed by atoms with Gasteiger partial charge in [-0.2, -0.15) is 9.98 Å². The van der Waals surface area contributed by atoms with Crippen LogP contribution >= 0.6 is 22.9 Å². The van der Waals surface area contributed by atoms with E-state index in [1.54, 1.807) is 12.3 Å². The van der Waals surface area contributed by atoms with Crippen LogP contribution in [0.2, 0.25) is 5.02 Å². The largest absolute Gasteiger partial charge is 0.339 e. The minimum atomic E-state index is -0.252. The third-order valence-electron chi connectivity index (χ3n) is 4.09.